The molecule has 0 bridgehead atoms. The number of halogens is 3. The molecule has 0 aliphatic heterocycles. The Bertz CT molecular complexity index is 354. The highest BCUT2D eigenvalue weighted by molar-refractivity contribution is 5.68. The number of carboxylic acids is 1. The van der Waals surface area contributed by atoms with Crippen LogP contribution in [-0.2, 0) is 10.7 Å². The molecule has 0 aliphatic rings. The molecular formula is C8H6F3NO2. The lowest BCUT2D eigenvalue weighted by atomic mass is 10.1. The van der Waals surface area contributed by atoms with E-state index in [9.17, 15) is 18.0 Å². The fraction of sp³-hybridized carbons (Fsp3) is 0.250. The van der Waals surface area contributed by atoms with Gasteiger partial charge >= 0.3 is 5.97 Å². The molecule has 0 aromatic carbocycles. The number of hydrogen-bond acceptors (Lipinski definition) is 2. The van der Waals surface area contributed by atoms with Crippen LogP contribution in [0.4, 0.5) is 13.2 Å². The Balaban J connectivity index is 3.03. The quantitative estimate of drug-likeness (QED) is 0.765. The third kappa shape index (κ3) is 2.21. The van der Waals surface area contributed by atoms with Gasteiger partial charge in [-0.1, -0.05) is 0 Å². The van der Waals surface area contributed by atoms with Gasteiger partial charge in [-0.25, -0.2) is 13.8 Å². The van der Waals surface area contributed by atoms with Gasteiger partial charge in [0, 0.05) is 6.20 Å². The summed E-state index contributed by atoms with van der Waals surface area (Å²) in [7, 11) is 0. The van der Waals surface area contributed by atoms with Crippen molar-refractivity contribution < 1.29 is 23.1 Å². The predicted molar refractivity (Wildman–Crippen MR) is 40.3 cm³/mol. The molecule has 0 aliphatic carbocycles. The Hall–Kier alpha value is -1.59. The fourth-order valence-electron chi connectivity index (χ4n) is 0.944. The first-order valence-electron chi connectivity index (χ1n) is 3.64. The van der Waals surface area contributed by atoms with Crippen LogP contribution in [0.15, 0.2) is 18.3 Å². The molecule has 1 heterocycles. The molecule has 0 unspecified atom stereocenters. The molecule has 0 spiro atoms. The summed E-state index contributed by atoms with van der Waals surface area (Å²) in [6.07, 6.45) is -0.439. The largest absolute Gasteiger partial charge is 0.481 e. The van der Waals surface area contributed by atoms with Crippen molar-refractivity contribution in [2.75, 3.05) is 0 Å². The maximum atomic E-state index is 13.0. The summed E-state index contributed by atoms with van der Waals surface area (Å²) in [5.74, 6) is -6.78. The third-order valence-corrected chi connectivity index (χ3v) is 1.53. The van der Waals surface area contributed by atoms with Crippen LogP contribution in [-0.4, -0.2) is 16.1 Å². The summed E-state index contributed by atoms with van der Waals surface area (Å²) in [5, 5.41) is 8.18. The van der Waals surface area contributed by atoms with Crippen LogP contribution in [0.2, 0.25) is 0 Å². The zero-order chi connectivity index (χ0) is 10.8. The highest BCUT2D eigenvalue weighted by Crippen LogP contribution is 2.32. The maximum absolute atomic E-state index is 13.0. The summed E-state index contributed by atoms with van der Waals surface area (Å²) in [4.78, 5) is 13.1. The highest BCUT2D eigenvalue weighted by Gasteiger charge is 2.37. The SMILES string of the molecule is O=C(O)CC(F)(F)c1cccnc1F. The van der Waals surface area contributed by atoms with Crippen molar-refractivity contribution in [2.45, 2.75) is 12.3 Å². The van der Waals surface area contributed by atoms with Crippen molar-refractivity contribution in [3.05, 3.63) is 29.8 Å². The van der Waals surface area contributed by atoms with Gasteiger partial charge in [0.05, 0.1) is 5.56 Å². The fourth-order valence-corrected chi connectivity index (χ4v) is 0.944. The molecule has 76 valence electrons. The number of aromatic nitrogens is 1. The van der Waals surface area contributed by atoms with Crippen LogP contribution < -0.4 is 0 Å². The van der Waals surface area contributed by atoms with Crippen molar-refractivity contribution in [2.24, 2.45) is 0 Å². The number of aliphatic carboxylic acids is 1. The monoisotopic (exact) mass is 205 g/mol. The average molecular weight is 205 g/mol. The zero-order valence-electron chi connectivity index (χ0n) is 6.88. The van der Waals surface area contributed by atoms with E-state index < -0.39 is 29.8 Å². The predicted octanol–water partition coefficient (Wildman–Crippen LogP) is 1.79. The molecular weight excluding hydrogens is 199 g/mol. The number of alkyl halides is 2. The minimum Gasteiger partial charge on any atom is -0.481 e. The first kappa shape index (κ1) is 10.5. The summed E-state index contributed by atoms with van der Waals surface area (Å²) >= 11 is 0. The normalized spacial score (nSPS) is 11.4. The van der Waals surface area contributed by atoms with Crippen LogP contribution in [0.1, 0.15) is 12.0 Å². The first-order valence-corrected chi connectivity index (χ1v) is 3.64. The second kappa shape index (κ2) is 3.65. The maximum Gasteiger partial charge on any atom is 0.309 e. The van der Waals surface area contributed by atoms with Crippen LogP contribution in [0, 0.1) is 5.95 Å². The molecule has 6 heteroatoms. The van der Waals surface area contributed by atoms with Crippen molar-refractivity contribution >= 4 is 5.97 Å². The minimum atomic E-state index is -3.73. The zero-order valence-corrected chi connectivity index (χ0v) is 6.88. The number of hydrogen-bond donors (Lipinski definition) is 1. The highest BCUT2D eigenvalue weighted by atomic mass is 19.3. The molecule has 14 heavy (non-hydrogen) atoms. The Morgan fingerprint density at radius 3 is 2.71 bits per heavy atom. The van der Waals surface area contributed by atoms with Crippen molar-refractivity contribution in [3.8, 4) is 0 Å². The second-order valence-corrected chi connectivity index (χ2v) is 2.62. The summed E-state index contributed by atoms with van der Waals surface area (Å²) in [6, 6.07) is 1.93. The van der Waals surface area contributed by atoms with E-state index in [1.807, 2.05) is 0 Å². The van der Waals surface area contributed by atoms with E-state index in [-0.39, 0.29) is 0 Å². The second-order valence-electron chi connectivity index (χ2n) is 2.62. The number of carbonyl (C=O) groups is 1. The molecule has 0 radical (unpaired) electrons. The lowest BCUT2D eigenvalue weighted by molar-refractivity contribution is -0.145. The lowest BCUT2D eigenvalue weighted by Gasteiger charge is -2.13. The Kier molecular flexibility index (Phi) is 2.73. The van der Waals surface area contributed by atoms with Gasteiger partial charge < -0.3 is 5.11 Å². The molecule has 1 aromatic rings. The van der Waals surface area contributed by atoms with Crippen molar-refractivity contribution in [3.63, 3.8) is 0 Å². The van der Waals surface area contributed by atoms with Crippen molar-refractivity contribution in [1.29, 1.82) is 0 Å². The molecule has 0 atom stereocenters. The molecule has 1 aromatic heterocycles. The summed E-state index contributed by atoms with van der Waals surface area (Å²) in [6.45, 7) is 0. The van der Waals surface area contributed by atoms with E-state index >= 15 is 0 Å². The number of rotatable bonds is 3. The van der Waals surface area contributed by atoms with Gasteiger partial charge in [0.1, 0.15) is 6.42 Å². The smallest absolute Gasteiger partial charge is 0.309 e. The van der Waals surface area contributed by atoms with E-state index in [1.165, 1.54) is 0 Å². The number of carboxylic acid groups (broad SMARTS) is 1. The molecule has 1 rings (SSSR count). The number of nitrogens with zero attached hydrogens (tertiary/aromatic N) is 1. The molecule has 0 amide bonds. The van der Waals surface area contributed by atoms with E-state index in [4.69, 9.17) is 5.11 Å². The molecule has 0 saturated heterocycles. The summed E-state index contributed by atoms with van der Waals surface area (Å²) < 4.78 is 38.8. The van der Waals surface area contributed by atoms with Gasteiger partial charge in [-0.05, 0) is 12.1 Å². The van der Waals surface area contributed by atoms with Crippen LogP contribution in [0.5, 0.6) is 0 Å². The van der Waals surface area contributed by atoms with Gasteiger partial charge in [0.2, 0.25) is 5.95 Å². The molecule has 0 fully saturated rings. The average Bonchev–Trinajstić information content (AvgIpc) is 2.02. The number of pyridine rings is 1. The Morgan fingerprint density at radius 1 is 1.57 bits per heavy atom. The van der Waals surface area contributed by atoms with Gasteiger partial charge in [0.25, 0.3) is 5.92 Å². The standard InChI is InChI=1S/C8H6F3NO2/c9-7-5(2-1-3-12-7)8(10,11)4-6(13)14/h1-3H,4H2,(H,13,14). The van der Waals surface area contributed by atoms with E-state index in [1.54, 1.807) is 0 Å². The third-order valence-electron chi connectivity index (χ3n) is 1.53. The summed E-state index contributed by atoms with van der Waals surface area (Å²) in [5.41, 5.74) is -0.998. The van der Waals surface area contributed by atoms with E-state index in [2.05, 4.69) is 4.98 Å². The topological polar surface area (TPSA) is 50.2 Å². The lowest BCUT2D eigenvalue weighted by Crippen LogP contribution is -2.20. The van der Waals surface area contributed by atoms with E-state index in [0.717, 1.165) is 18.3 Å². The molecule has 1 N–H and O–H groups in total. The van der Waals surface area contributed by atoms with Gasteiger partial charge in [0.15, 0.2) is 0 Å². The minimum absolute atomic E-state index is 0.811. The van der Waals surface area contributed by atoms with Crippen molar-refractivity contribution in [1.82, 2.24) is 4.98 Å². The first-order chi connectivity index (χ1) is 6.43. The van der Waals surface area contributed by atoms with Gasteiger partial charge in [-0.2, -0.15) is 4.39 Å². The Labute approximate surface area is 77.2 Å². The van der Waals surface area contributed by atoms with Gasteiger partial charge in [-0.3, -0.25) is 4.79 Å². The van der Waals surface area contributed by atoms with Gasteiger partial charge in [-0.15, -0.1) is 0 Å². The molecule has 0 saturated carbocycles. The van der Waals surface area contributed by atoms with Crippen LogP contribution >= 0.6 is 0 Å². The Morgan fingerprint density at radius 2 is 2.21 bits per heavy atom. The van der Waals surface area contributed by atoms with Crippen LogP contribution in [0.3, 0.4) is 0 Å². The van der Waals surface area contributed by atoms with Crippen LogP contribution in [0.25, 0.3) is 0 Å². The molecule has 3 nitrogen and oxygen atoms in total. The van der Waals surface area contributed by atoms with E-state index in [0.29, 0.717) is 0 Å².